The Morgan fingerprint density at radius 3 is 2.53 bits per heavy atom. The maximum atomic E-state index is 13.6. The van der Waals surface area contributed by atoms with Crippen molar-refractivity contribution in [1.29, 1.82) is 0 Å². The number of carbonyl (C=O) groups is 1. The van der Waals surface area contributed by atoms with Gasteiger partial charge >= 0.3 is 0 Å². The van der Waals surface area contributed by atoms with Crippen molar-refractivity contribution in [2.24, 2.45) is 11.7 Å². The van der Waals surface area contributed by atoms with Crippen LogP contribution in [0.1, 0.15) is 29.7 Å². The fourth-order valence-electron chi connectivity index (χ4n) is 4.67. The molecule has 1 aliphatic carbocycles. The Hall–Kier alpha value is -1.74. The molecule has 1 aliphatic heterocycles. The highest BCUT2D eigenvalue weighted by atomic mass is 35.5. The van der Waals surface area contributed by atoms with E-state index >= 15 is 0 Å². The number of amides is 1. The van der Waals surface area contributed by atoms with E-state index in [1.807, 2.05) is 23.2 Å². The summed E-state index contributed by atoms with van der Waals surface area (Å²) in [6, 6.07) is 11.1. The van der Waals surface area contributed by atoms with Gasteiger partial charge in [-0.05, 0) is 43.0 Å². The van der Waals surface area contributed by atoms with Gasteiger partial charge in [-0.25, -0.2) is 4.98 Å². The molecule has 6 nitrogen and oxygen atoms in total. The van der Waals surface area contributed by atoms with Gasteiger partial charge in [0.2, 0.25) is 5.91 Å². The number of hydrogen-bond acceptors (Lipinski definition) is 6. The summed E-state index contributed by atoms with van der Waals surface area (Å²) in [7, 11) is 0. The quantitative estimate of drug-likeness (QED) is 0.275. The summed E-state index contributed by atoms with van der Waals surface area (Å²) >= 11 is 26.8. The van der Waals surface area contributed by atoms with E-state index in [1.165, 1.54) is 0 Å². The summed E-state index contributed by atoms with van der Waals surface area (Å²) in [5, 5.41) is 2.90. The highest BCUT2D eigenvalue weighted by molar-refractivity contribution is 7.15. The van der Waals surface area contributed by atoms with Gasteiger partial charge in [0, 0.05) is 43.2 Å². The third-order valence-electron chi connectivity index (χ3n) is 6.88. The van der Waals surface area contributed by atoms with Crippen molar-refractivity contribution < 1.29 is 9.53 Å². The minimum Gasteiger partial charge on any atom is -0.485 e. The molecule has 1 saturated carbocycles. The third kappa shape index (κ3) is 6.35. The average molecular weight is 614 g/mol. The van der Waals surface area contributed by atoms with Crippen LogP contribution in [0.5, 0.6) is 5.75 Å². The van der Waals surface area contributed by atoms with Crippen LogP contribution in [0.3, 0.4) is 0 Å². The third-order valence-corrected chi connectivity index (χ3v) is 9.42. The van der Waals surface area contributed by atoms with Crippen molar-refractivity contribution in [2.75, 3.05) is 24.5 Å². The molecule has 1 unspecified atom stereocenters. The second-order valence-corrected chi connectivity index (χ2v) is 12.4. The van der Waals surface area contributed by atoms with Gasteiger partial charge in [0.1, 0.15) is 6.10 Å². The van der Waals surface area contributed by atoms with E-state index in [9.17, 15) is 4.79 Å². The van der Waals surface area contributed by atoms with Gasteiger partial charge in [-0.1, -0.05) is 64.6 Å². The second-order valence-electron chi connectivity index (χ2n) is 9.68. The van der Waals surface area contributed by atoms with Gasteiger partial charge in [0.25, 0.3) is 0 Å². The van der Waals surface area contributed by atoms with Crippen LogP contribution in [0.25, 0.3) is 0 Å². The summed E-state index contributed by atoms with van der Waals surface area (Å²) in [6.07, 6.45) is 5.17. The molecule has 2 heterocycles. The predicted molar refractivity (Wildman–Crippen MR) is 156 cm³/mol. The predicted octanol–water partition coefficient (Wildman–Crippen LogP) is 6.72. The fourth-order valence-corrected chi connectivity index (χ4v) is 6.56. The molecule has 3 aromatic rings. The maximum absolute atomic E-state index is 13.6. The molecule has 2 fully saturated rings. The van der Waals surface area contributed by atoms with Crippen LogP contribution in [0, 0.1) is 5.92 Å². The number of benzene rings is 2. The summed E-state index contributed by atoms with van der Waals surface area (Å²) in [6.45, 7) is 2.19. The minimum atomic E-state index is -0.334. The highest BCUT2D eigenvalue weighted by Gasteiger charge is 2.36. The Labute approximate surface area is 246 Å². The molecule has 5 rings (SSSR count). The van der Waals surface area contributed by atoms with Crippen molar-refractivity contribution in [3.05, 3.63) is 73.1 Å². The Bertz CT molecular complexity index is 1280. The zero-order valence-electron chi connectivity index (χ0n) is 20.6. The number of rotatable bonds is 10. The van der Waals surface area contributed by atoms with E-state index in [-0.39, 0.29) is 30.5 Å². The number of para-hydroxylation sites is 1. The summed E-state index contributed by atoms with van der Waals surface area (Å²) < 4.78 is 6.11. The number of nitrogens with zero attached hydrogens (tertiary/aromatic N) is 3. The molecular weight excluding hydrogens is 586 g/mol. The minimum absolute atomic E-state index is 0.0384. The Kier molecular flexibility index (Phi) is 8.92. The summed E-state index contributed by atoms with van der Waals surface area (Å²) in [4.78, 5) is 23.4. The fraction of sp³-hybridized carbons (Fsp3) is 0.407. The standard InChI is InChI=1S/C27H28Cl4N4O2S/c28-21-4-1-3-16(24(21)31)14-35(18-7-8-18)26(36)17(12-32)11-20-13-33-27(38-20)34-10-9-19(15-34)37-25-22(29)5-2-6-23(25)30/h1-6,13,17-19H,7-12,14-15,32H2/t17?,19-/m1/s1. The Morgan fingerprint density at radius 1 is 1.11 bits per heavy atom. The van der Waals surface area contributed by atoms with Gasteiger partial charge < -0.3 is 20.3 Å². The van der Waals surface area contributed by atoms with E-state index in [1.54, 1.807) is 35.6 Å². The lowest BCUT2D eigenvalue weighted by atomic mass is 10.0. The zero-order valence-corrected chi connectivity index (χ0v) is 24.4. The van der Waals surface area contributed by atoms with Crippen LogP contribution in [-0.2, 0) is 17.8 Å². The number of halogens is 4. The number of hydrogen-bond donors (Lipinski definition) is 1. The highest BCUT2D eigenvalue weighted by Crippen LogP contribution is 2.36. The average Bonchev–Trinajstić information content (AvgIpc) is 3.45. The molecule has 0 spiro atoms. The number of carbonyl (C=O) groups excluding carboxylic acids is 1. The van der Waals surface area contributed by atoms with Crippen LogP contribution in [0.15, 0.2) is 42.6 Å². The van der Waals surface area contributed by atoms with Crippen LogP contribution in [-0.4, -0.2) is 47.6 Å². The van der Waals surface area contributed by atoms with Crippen molar-refractivity contribution in [3.8, 4) is 5.75 Å². The number of ether oxygens (including phenoxy) is 1. The first-order valence-electron chi connectivity index (χ1n) is 12.6. The molecule has 2 N–H and O–H groups in total. The lowest BCUT2D eigenvalue weighted by Gasteiger charge is -2.27. The molecule has 1 aromatic heterocycles. The Balaban J connectivity index is 1.22. The maximum Gasteiger partial charge on any atom is 0.227 e. The molecule has 38 heavy (non-hydrogen) atoms. The molecule has 202 valence electrons. The van der Waals surface area contributed by atoms with Gasteiger partial charge in [-0.15, -0.1) is 11.3 Å². The molecule has 2 aliphatic rings. The summed E-state index contributed by atoms with van der Waals surface area (Å²) in [5.41, 5.74) is 6.96. The van der Waals surface area contributed by atoms with E-state index in [0.29, 0.717) is 45.4 Å². The number of thiazole rings is 1. The van der Waals surface area contributed by atoms with Gasteiger partial charge in [-0.3, -0.25) is 4.79 Å². The van der Waals surface area contributed by atoms with E-state index in [4.69, 9.17) is 56.9 Å². The van der Waals surface area contributed by atoms with Crippen molar-refractivity contribution >= 4 is 68.8 Å². The molecule has 1 amide bonds. The first kappa shape index (κ1) is 27.8. The zero-order chi connectivity index (χ0) is 26.8. The van der Waals surface area contributed by atoms with Crippen LogP contribution < -0.4 is 15.4 Å². The SMILES string of the molecule is NCC(Cc1cnc(N2CC[C@@H](Oc3c(Cl)cccc3Cl)C2)s1)C(=O)N(Cc1cccc(Cl)c1Cl)C1CC1. The molecular formula is C27H28Cl4N4O2S. The monoisotopic (exact) mass is 612 g/mol. The lowest BCUT2D eigenvalue weighted by Crippen LogP contribution is -2.41. The molecule has 0 bridgehead atoms. The molecule has 0 radical (unpaired) electrons. The largest absolute Gasteiger partial charge is 0.485 e. The summed E-state index contributed by atoms with van der Waals surface area (Å²) in [5.74, 6) is 0.234. The van der Waals surface area contributed by atoms with Crippen molar-refractivity contribution in [1.82, 2.24) is 9.88 Å². The van der Waals surface area contributed by atoms with Crippen molar-refractivity contribution in [3.63, 3.8) is 0 Å². The van der Waals surface area contributed by atoms with Crippen LogP contribution in [0.4, 0.5) is 5.13 Å². The smallest absolute Gasteiger partial charge is 0.227 e. The molecule has 1 saturated heterocycles. The molecule has 2 atom stereocenters. The van der Waals surface area contributed by atoms with Gasteiger partial charge in [0.15, 0.2) is 10.9 Å². The van der Waals surface area contributed by atoms with E-state index < -0.39 is 0 Å². The lowest BCUT2D eigenvalue weighted by molar-refractivity contribution is -0.136. The molecule has 2 aromatic carbocycles. The second kappa shape index (κ2) is 12.2. The number of aromatic nitrogens is 1. The van der Waals surface area contributed by atoms with Crippen molar-refractivity contribution in [2.45, 2.75) is 44.4 Å². The number of anilines is 1. The van der Waals surface area contributed by atoms with Gasteiger partial charge in [-0.2, -0.15) is 0 Å². The van der Waals surface area contributed by atoms with Gasteiger partial charge in [0.05, 0.1) is 32.6 Å². The van der Waals surface area contributed by atoms with E-state index in [0.717, 1.165) is 41.4 Å². The van der Waals surface area contributed by atoms with Crippen LogP contribution >= 0.6 is 57.7 Å². The van der Waals surface area contributed by atoms with Crippen LogP contribution in [0.2, 0.25) is 20.1 Å². The Morgan fingerprint density at radius 2 is 1.82 bits per heavy atom. The van der Waals surface area contributed by atoms with E-state index in [2.05, 4.69) is 9.88 Å². The number of nitrogens with two attached hydrogens (primary N) is 1. The molecule has 11 heteroatoms. The topological polar surface area (TPSA) is 71.7 Å². The first-order valence-corrected chi connectivity index (χ1v) is 14.9. The first-order chi connectivity index (χ1) is 18.3. The normalized spacial score (nSPS) is 18.0.